The molecule has 10 rings (SSSR count). The van der Waals surface area contributed by atoms with Gasteiger partial charge in [0, 0.05) is 39.1 Å². The van der Waals surface area contributed by atoms with Crippen molar-refractivity contribution < 1.29 is 4.57 Å². The number of nitrogens with zero attached hydrogens (tertiary/aromatic N) is 3. The predicted molar refractivity (Wildman–Crippen MR) is 216 cm³/mol. The van der Waals surface area contributed by atoms with Crippen LogP contribution in [0.25, 0.3) is 83.4 Å². The molecule has 0 N–H and O–H groups in total. The Morgan fingerprint density at radius 1 is 0.481 bits per heavy atom. The molecule has 0 saturated carbocycles. The molecule has 0 amide bonds. The molecule has 0 fully saturated rings. The highest BCUT2D eigenvalue weighted by atomic mass is 31.2. The van der Waals surface area contributed by atoms with E-state index in [9.17, 15) is 4.57 Å². The van der Waals surface area contributed by atoms with E-state index < -0.39 is 7.14 Å². The Labute approximate surface area is 302 Å². The largest absolute Gasteiger partial charge is 0.314 e. The quantitative estimate of drug-likeness (QED) is 0.169. The van der Waals surface area contributed by atoms with Crippen LogP contribution in [0.5, 0.6) is 0 Å². The fourth-order valence-electron chi connectivity index (χ4n) is 7.83. The summed E-state index contributed by atoms with van der Waals surface area (Å²) in [5, 5.41) is 9.22. The Morgan fingerprint density at radius 3 is 1.90 bits per heavy atom. The van der Waals surface area contributed by atoms with Gasteiger partial charge in [-0.15, -0.1) is 5.10 Å². The molecule has 52 heavy (non-hydrogen) atoms. The minimum Gasteiger partial charge on any atom is -0.314 e. The second-order valence-electron chi connectivity index (χ2n) is 13.5. The molecule has 3 heterocycles. The molecule has 4 nitrogen and oxygen atoms in total. The first-order valence-electron chi connectivity index (χ1n) is 17.5. The van der Waals surface area contributed by atoms with Crippen molar-refractivity contribution in [3.05, 3.63) is 176 Å². The zero-order chi connectivity index (χ0) is 34.8. The summed E-state index contributed by atoms with van der Waals surface area (Å²) in [4.78, 5) is 5.08. The highest BCUT2D eigenvalue weighted by Gasteiger charge is 2.36. The molecule has 246 valence electrons. The number of hydrogen-bond donors (Lipinski definition) is 0. The average Bonchev–Trinajstić information content (AvgIpc) is 3.74. The van der Waals surface area contributed by atoms with E-state index in [4.69, 9.17) is 10.1 Å². The summed E-state index contributed by atoms with van der Waals surface area (Å²) in [5.41, 5.74) is 12.7. The zero-order valence-electron chi connectivity index (χ0n) is 28.4. The summed E-state index contributed by atoms with van der Waals surface area (Å²) in [6, 6.07) is 59.1. The fourth-order valence-corrected chi connectivity index (χ4v) is 10.1. The molecule has 1 aliphatic heterocycles. The Kier molecular flexibility index (Phi) is 6.96. The minimum atomic E-state index is -2.70. The van der Waals surface area contributed by atoms with Crippen molar-refractivity contribution in [1.29, 1.82) is 0 Å². The molecule has 0 radical (unpaired) electrons. The maximum Gasteiger partial charge on any atom is 0.182 e. The maximum absolute atomic E-state index is 14.2. The maximum atomic E-state index is 14.2. The molecule has 2 aromatic heterocycles. The van der Waals surface area contributed by atoms with Crippen molar-refractivity contribution in [3.8, 4) is 67.0 Å². The van der Waals surface area contributed by atoms with Crippen molar-refractivity contribution in [3.63, 3.8) is 0 Å². The lowest BCUT2D eigenvalue weighted by Gasteiger charge is -2.15. The van der Waals surface area contributed by atoms with Gasteiger partial charge in [-0.1, -0.05) is 152 Å². The van der Waals surface area contributed by atoms with E-state index in [1.807, 2.05) is 47.6 Å². The number of fused-ring (bicyclic) bond motifs is 5. The van der Waals surface area contributed by atoms with Gasteiger partial charge in [0.05, 0.1) is 0 Å². The third-order valence-corrected chi connectivity index (χ3v) is 13.0. The van der Waals surface area contributed by atoms with Gasteiger partial charge in [-0.2, -0.15) is 0 Å². The Hall–Kier alpha value is -6.35. The van der Waals surface area contributed by atoms with Crippen molar-refractivity contribution >= 4 is 34.2 Å². The first kappa shape index (κ1) is 30.5. The first-order chi connectivity index (χ1) is 25.5. The monoisotopic (exact) mass is 685 g/mol. The molecule has 9 aromatic rings. The highest BCUT2D eigenvalue weighted by molar-refractivity contribution is 7.79. The van der Waals surface area contributed by atoms with Gasteiger partial charge in [-0.25, -0.2) is 9.50 Å². The van der Waals surface area contributed by atoms with Crippen molar-refractivity contribution in [2.45, 2.75) is 0 Å². The van der Waals surface area contributed by atoms with Gasteiger partial charge < -0.3 is 4.57 Å². The summed E-state index contributed by atoms with van der Waals surface area (Å²) in [6.07, 6.45) is 2.06. The Bertz CT molecular complexity index is 2880. The SMILES string of the molecule is CP1(=O)c2ccccc2-c2c(-c3cc(-c4ccc(-c5nc6c(-c7ccccc7)cc(-c7ccccc7)cn6n5)cc4)cc4ccccc34)cccc21. The van der Waals surface area contributed by atoms with E-state index in [2.05, 4.69) is 140 Å². The normalized spacial score (nSPS) is 14.8. The van der Waals surface area contributed by atoms with Crippen molar-refractivity contribution in [1.82, 2.24) is 14.6 Å². The molecule has 0 spiro atoms. The summed E-state index contributed by atoms with van der Waals surface area (Å²) in [6.45, 7) is 1.90. The van der Waals surface area contributed by atoms with Crippen LogP contribution in [-0.4, -0.2) is 21.3 Å². The van der Waals surface area contributed by atoms with Crippen molar-refractivity contribution in [2.75, 3.05) is 6.66 Å². The standard InChI is InChI=1S/C47H32N3OP/c1-52(51)43-21-11-10-19-40(43)45-39(20-12-22-44(45)52)42-28-36(27-35-17-8-9-18-38(35)42)32-23-25-34(26-24-32)46-48-47-41(33-15-6-3-7-16-33)29-37(30-50(47)49-46)31-13-4-2-5-14-31/h2-30H,1H3. The van der Waals surface area contributed by atoms with Crippen molar-refractivity contribution in [2.24, 2.45) is 0 Å². The fraction of sp³-hybridized carbons (Fsp3) is 0.0213. The number of aromatic nitrogens is 3. The van der Waals surface area contributed by atoms with Gasteiger partial charge in [-0.3, -0.25) is 0 Å². The van der Waals surface area contributed by atoms with Crippen LogP contribution in [0.2, 0.25) is 0 Å². The smallest absolute Gasteiger partial charge is 0.182 e. The number of hydrogen-bond acceptors (Lipinski definition) is 3. The summed E-state index contributed by atoms with van der Waals surface area (Å²) in [7, 11) is -2.70. The van der Waals surface area contributed by atoms with Gasteiger partial charge in [0.2, 0.25) is 0 Å². The van der Waals surface area contributed by atoms with Gasteiger partial charge in [0.25, 0.3) is 0 Å². The number of rotatable bonds is 5. The zero-order valence-corrected chi connectivity index (χ0v) is 29.3. The molecule has 1 atom stereocenters. The summed E-state index contributed by atoms with van der Waals surface area (Å²) < 4.78 is 16.1. The Balaban J connectivity index is 1.08. The minimum absolute atomic E-state index is 0.677. The van der Waals surface area contributed by atoms with Crippen LogP contribution in [0.3, 0.4) is 0 Å². The van der Waals surface area contributed by atoms with Crippen LogP contribution in [0.1, 0.15) is 0 Å². The van der Waals surface area contributed by atoms with E-state index >= 15 is 0 Å². The van der Waals surface area contributed by atoms with Crippen LogP contribution in [0, 0.1) is 0 Å². The summed E-state index contributed by atoms with van der Waals surface area (Å²) in [5.74, 6) is 0.677. The molecule has 7 aromatic carbocycles. The molecular formula is C47H32N3OP. The lowest BCUT2D eigenvalue weighted by Crippen LogP contribution is -2.08. The number of pyridine rings is 1. The lowest BCUT2D eigenvalue weighted by atomic mass is 9.89. The molecule has 0 saturated heterocycles. The molecule has 1 aliphatic rings. The van der Waals surface area contributed by atoms with Gasteiger partial charge in [0.15, 0.2) is 11.5 Å². The second kappa shape index (κ2) is 11.9. The summed E-state index contributed by atoms with van der Waals surface area (Å²) >= 11 is 0. The van der Waals surface area contributed by atoms with Crippen LogP contribution >= 0.6 is 7.14 Å². The van der Waals surface area contributed by atoms with Crippen LogP contribution < -0.4 is 10.6 Å². The van der Waals surface area contributed by atoms with Crippen LogP contribution in [-0.2, 0) is 4.57 Å². The van der Waals surface area contributed by atoms with E-state index in [0.717, 1.165) is 82.8 Å². The first-order valence-corrected chi connectivity index (χ1v) is 19.6. The topological polar surface area (TPSA) is 47.3 Å². The van der Waals surface area contributed by atoms with E-state index in [1.54, 1.807) is 0 Å². The lowest BCUT2D eigenvalue weighted by molar-refractivity contribution is 0.591. The van der Waals surface area contributed by atoms with Gasteiger partial charge >= 0.3 is 0 Å². The second-order valence-corrected chi connectivity index (χ2v) is 16.4. The Morgan fingerprint density at radius 2 is 1.10 bits per heavy atom. The highest BCUT2D eigenvalue weighted by Crippen LogP contribution is 2.53. The van der Waals surface area contributed by atoms with Gasteiger partial charge in [0.1, 0.15) is 7.14 Å². The molecule has 5 heteroatoms. The van der Waals surface area contributed by atoms with E-state index in [-0.39, 0.29) is 0 Å². The molecule has 0 bridgehead atoms. The van der Waals surface area contributed by atoms with E-state index in [1.165, 1.54) is 5.39 Å². The van der Waals surface area contributed by atoms with Crippen LogP contribution in [0.4, 0.5) is 0 Å². The molecule has 1 unspecified atom stereocenters. The van der Waals surface area contributed by atoms with E-state index in [0.29, 0.717) is 5.82 Å². The average molecular weight is 686 g/mol. The van der Waals surface area contributed by atoms with Gasteiger partial charge in [-0.05, 0) is 74.6 Å². The third-order valence-electron chi connectivity index (χ3n) is 10.4. The molecular weight excluding hydrogens is 654 g/mol. The number of benzene rings is 7. The van der Waals surface area contributed by atoms with Crippen LogP contribution in [0.15, 0.2) is 176 Å². The molecule has 0 aliphatic carbocycles. The third kappa shape index (κ3) is 4.87. The predicted octanol–water partition coefficient (Wildman–Crippen LogP) is 11.1.